The molecule has 1 rings (SSSR count). The summed E-state index contributed by atoms with van der Waals surface area (Å²) in [5, 5.41) is -0.814. The predicted molar refractivity (Wildman–Crippen MR) is 70.2 cm³/mol. The molecule has 6 heteroatoms. The van der Waals surface area contributed by atoms with Gasteiger partial charge in [0.05, 0.1) is 12.4 Å². The highest BCUT2D eigenvalue weighted by Gasteiger charge is 2.29. The van der Waals surface area contributed by atoms with Crippen molar-refractivity contribution >= 4 is 27.4 Å². The molecule has 0 heterocycles. The van der Waals surface area contributed by atoms with Gasteiger partial charge in [0.15, 0.2) is 15.1 Å². The summed E-state index contributed by atoms with van der Waals surface area (Å²) in [5.74, 6) is -1.00. The minimum Gasteiger partial charge on any atom is -0.465 e. The molecule has 0 spiro atoms. The summed E-state index contributed by atoms with van der Waals surface area (Å²) in [5.41, 5.74) is 0.482. The van der Waals surface area contributed by atoms with Crippen LogP contribution in [-0.4, -0.2) is 26.2 Å². The smallest absolute Gasteiger partial charge is 0.324 e. The van der Waals surface area contributed by atoms with Crippen molar-refractivity contribution in [2.75, 3.05) is 6.61 Å². The molecule has 0 N–H and O–H groups in total. The highest BCUT2D eigenvalue weighted by Crippen LogP contribution is 2.20. The van der Waals surface area contributed by atoms with Crippen LogP contribution in [0.5, 0.6) is 0 Å². The zero-order chi connectivity index (χ0) is 13.8. The van der Waals surface area contributed by atoms with Crippen LogP contribution >= 0.6 is 11.6 Å². The van der Waals surface area contributed by atoms with Crippen molar-refractivity contribution in [2.24, 2.45) is 0 Å². The van der Waals surface area contributed by atoms with Gasteiger partial charge in [-0.1, -0.05) is 29.8 Å². The van der Waals surface area contributed by atoms with E-state index < -0.39 is 21.1 Å². The molecule has 0 amide bonds. The maximum Gasteiger partial charge on any atom is 0.324 e. The Morgan fingerprint density at radius 2 is 2.00 bits per heavy atom. The molecular formula is C12H15ClO4S. The molecule has 1 unspecified atom stereocenters. The standard InChI is InChI=1S/C12H15ClO4S/c1-3-17-12(14)9(2)18(15,16)8-10-6-4-5-7-11(10)13/h4-7,9H,3,8H2,1-2H3. The summed E-state index contributed by atoms with van der Waals surface area (Å²) in [6, 6.07) is 6.65. The molecular weight excluding hydrogens is 276 g/mol. The Morgan fingerprint density at radius 1 is 1.39 bits per heavy atom. The van der Waals surface area contributed by atoms with Crippen LogP contribution in [0.15, 0.2) is 24.3 Å². The zero-order valence-corrected chi connectivity index (χ0v) is 11.8. The van der Waals surface area contributed by atoms with Gasteiger partial charge in [-0.2, -0.15) is 0 Å². The Labute approximate surface area is 112 Å². The van der Waals surface area contributed by atoms with Crippen LogP contribution < -0.4 is 0 Å². The number of esters is 1. The number of sulfone groups is 1. The molecule has 100 valence electrons. The first-order valence-corrected chi connectivity index (χ1v) is 7.59. The average molecular weight is 291 g/mol. The molecule has 0 fully saturated rings. The van der Waals surface area contributed by atoms with Gasteiger partial charge >= 0.3 is 5.97 Å². The summed E-state index contributed by atoms with van der Waals surface area (Å²) in [4.78, 5) is 11.4. The zero-order valence-electron chi connectivity index (χ0n) is 10.2. The normalized spacial score (nSPS) is 13.1. The van der Waals surface area contributed by atoms with E-state index in [0.717, 1.165) is 0 Å². The Morgan fingerprint density at radius 3 is 2.56 bits per heavy atom. The van der Waals surface area contributed by atoms with E-state index >= 15 is 0 Å². The maximum absolute atomic E-state index is 12.0. The summed E-state index contributed by atoms with van der Waals surface area (Å²) in [6.07, 6.45) is 0. The highest BCUT2D eigenvalue weighted by molar-refractivity contribution is 7.92. The Balaban J connectivity index is 2.89. The van der Waals surface area contributed by atoms with Crippen LogP contribution in [0.4, 0.5) is 0 Å². The summed E-state index contributed by atoms with van der Waals surface area (Å²) < 4.78 is 28.7. The van der Waals surface area contributed by atoms with Gasteiger partial charge in [0.1, 0.15) is 0 Å². The van der Waals surface area contributed by atoms with Crippen molar-refractivity contribution in [1.29, 1.82) is 0 Å². The molecule has 0 saturated heterocycles. The number of rotatable bonds is 5. The van der Waals surface area contributed by atoms with E-state index in [2.05, 4.69) is 0 Å². The molecule has 0 aliphatic carbocycles. The molecule has 1 aromatic rings. The van der Waals surface area contributed by atoms with Gasteiger partial charge in [-0.15, -0.1) is 0 Å². The van der Waals surface area contributed by atoms with Crippen LogP contribution in [0, 0.1) is 0 Å². The van der Waals surface area contributed by atoms with Gasteiger partial charge in [-0.25, -0.2) is 8.42 Å². The van der Waals surface area contributed by atoms with Crippen molar-refractivity contribution in [3.05, 3.63) is 34.9 Å². The SMILES string of the molecule is CCOC(=O)C(C)S(=O)(=O)Cc1ccccc1Cl. The Kier molecular flexibility index (Phi) is 5.16. The van der Waals surface area contributed by atoms with E-state index in [0.29, 0.717) is 10.6 Å². The molecule has 0 aliphatic rings. The minimum atomic E-state index is -3.62. The van der Waals surface area contributed by atoms with E-state index in [9.17, 15) is 13.2 Å². The fourth-order valence-electron chi connectivity index (χ4n) is 1.36. The number of hydrogen-bond donors (Lipinski definition) is 0. The van der Waals surface area contributed by atoms with Gasteiger partial charge < -0.3 is 4.74 Å². The fraction of sp³-hybridized carbons (Fsp3) is 0.417. The van der Waals surface area contributed by atoms with Crippen LogP contribution in [0.3, 0.4) is 0 Å². The molecule has 18 heavy (non-hydrogen) atoms. The predicted octanol–water partition coefficient (Wildman–Crippen LogP) is 2.21. The highest BCUT2D eigenvalue weighted by atomic mass is 35.5. The van der Waals surface area contributed by atoms with Gasteiger partial charge in [-0.05, 0) is 25.5 Å². The molecule has 1 aromatic carbocycles. The lowest BCUT2D eigenvalue weighted by atomic mass is 10.2. The lowest BCUT2D eigenvalue weighted by Gasteiger charge is -2.12. The lowest BCUT2D eigenvalue weighted by molar-refractivity contribution is -0.142. The number of carbonyl (C=O) groups excluding carboxylic acids is 1. The lowest BCUT2D eigenvalue weighted by Crippen LogP contribution is -2.30. The molecule has 0 aliphatic heterocycles. The van der Waals surface area contributed by atoms with Crippen LogP contribution in [-0.2, 0) is 25.1 Å². The fourth-order valence-corrected chi connectivity index (χ4v) is 2.94. The summed E-state index contributed by atoms with van der Waals surface area (Å²) >= 11 is 5.90. The van der Waals surface area contributed by atoms with Crippen LogP contribution in [0.25, 0.3) is 0 Å². The van der Waals surface area contributed by atoms with E-state index in [4.69, 9.17) is 16.3 Å². The first kappa shape index (κ1) is 15.0. The van der Waals surface area contributed by atoms with Gasteiger partial charge in [-0.3, -0.25) is 4.79 Å². The molecule has 0 saturated carbocycles. The summed E-state index contributed by atoms with van der Waals surface area (Å²) in [7, 11) is -3.62. The van der Waals surface area contributed by atoms with Gasteiger partial charge in [0.2, 0.25) is 0 Å². The first-order valence-electron chi connectivity index (χ1n) is 5.50. The van der Waals surface area contributed by atoms with Gasteiger partial charge in [0.25, 0.3) is 0 Å². The Hall–Kier alpha value is -1.07. The van der Waals surface area contributed by atoms with Crippen molar-refractivity contribution < 1.29 is 17.9 Å². The monoisotopic (exact) mass is 290 g/mol. The van der Waals surface area contributed by atoms with E-state index in [1.54, 1.807) is 31.2 Å². The average Bonchev–Trinajstić information content (AvgIpc) is 2.31. The maximum atomic E-state index is 12.0. The summed E-state index contributed by atoms with van der Waals surface area (Å²) in [6.45, 7) is 3.11. The number of ether oxygens (including phenoxy) is 1. The molecule has 1 atom stereocenters. The van der Waals surface area contributed by atoms with Gasteiger partial charge in [0, 0.05) is 5.02 Å². The van der Waals surface area contributed by atoms with Crippen LogP contribution in [0.1, 0.15) is 19.4 Å². The third-order valence-corrected chi connectivity index (χ3v) is 4.82. The number of carbonyl (C=O) groups is 1. The second-order valence-corrected chi connectivity index (χ2v) is 6.52. The van der Waals surface area contributed by atoms with E-state index in [1.165, 1.54) is 6.92 Å². The number of hydrogen-bond acceptors (Lipinski definition) is 4. The number of benzene rings is 1. The Bertz CT molecular complexity index is 525. The van der Waals surface area contributed by atoms with Crippen molar-refractivity contribution in [3.63, 3.8) is 0 Å². The third-order valence-electron chi connectivity index (χ3n) is 2.47. The molecule has 4 nitrogen and oxygen atoms in total. The topological polar surface area (TPSA) is 60.4 Å². The number of halogens is 1. The molecule has 0 radical (unpaired) electrons. The van der Waals surface area contributed by atoms with Crippen molar-refractivity contribution in [3.8, 4) is 0 Å². The second kappa shape index (κ2) is 6.20. The van der Waals surface area contributed by atoms with Crippen LogP contribution in [0.2, 0.25) is 5.02 Å². The molecule has 0 aromatic heterocycles. The van der Waals surface area contributed by atoms with Crippen molar-refractivity contribution in [1.82, 2.24) is 0 Å². The molecule has 0 bridgehead atoms. The minimum absolute atomic E-state index is 0.158. The van der Waals surface area contributed by atoms with E-state index in [-0.39, 0.29) is 12.4 Å². The van der Waals surface area contributed by atoms with Crippen molar-refractivity contribution in [2.45, 2.75) is 24.9 Å². The first-order chi connectivity index (χ1) is 8.38. The largest absolute Gasteiger partial charge is 0.465 e. The second-order valence-electron chi connectivity index (χ2n) is 3.79. The van der Waals surface area contributed by atoms with E-state index in [1.807, 2.05) is 0 Å². The third kappa shape index (κ3) is 3.71. The quantitative estimate of drug-likeness (QED) is 0.780.